The lowest BCUT2D eigenvalue weighted by atomic mass is 10.1. The van der Waals surface area contributed by atoms with Gasteiger partial charge in [0.1, 0.15) is 28.4 Å². The van der Waals surface area contributed by atoms with Crippen LogP contribution in [0.25, 0.3) is 21.9 Å². The highest BCUT2D eigenvalue weighted by Gasteiger charge is 2.21. The van der Waals surface area contributed by atoms with Gasteiger partial charge in [0.2, 0.25) is 5.91 Å². The summed E-state index contributed by atoms with van der Waals surface area (Å²) in [5.74, 6) is 2.14. The van der Waals surface area contributed by atoms with Crippen LogP contribution in [-0.2, 0) is 11.3 Å². The molecule has 1 atom stereocenters. The molecule has 4 rings (SSSR count). The van der Waals surface area contributed by atoms with Gasteiger partial charge in [-0.05, 0) is 45.2 Å². The van der Waals surface area contributed by atoms with Crippen molar-refractivity contribution in [3.63, 3.8) is 0 Å². The van der Waals surface area contributed by atoms with Crippen LogP contribution in [0.15, 0.2) is 57.4 Å². The number of hydrogen-bond acceptors (Lipinski definition) is 5. The highest BCUT2D eigenvalue weighted by atomic mass is 16.5. The number of carbonyl (C=O) groups excluding carboxylic acids is 1. The van der Waals surface area contributed by atoms with Crippen LogP contribution < -0.4 is 10.1 Å². The van der Waals surface area contributed by atoms with Gasteiger partial charge in [-0.15, -0.1) is 0 Å². The summed E-state index contributed by atoms with van der Waals surface area (Å²) in [6.07, 6.45) is 0. The van der Waals surface area contributed by atoms with E-state index in [0.29, 0.717) is 23.6 Å². The molecule has 0 aliphatic heterocycles. The maximum Gasteiger partial charge on any atom is 0.241 e. The molecule has 0 spiro atoms. The molecule has 0 saturated heterocycles. The number of benzene rings is 2. The number of nitrogens with one attached hydrogen (secondary N) is 1. The van der Waals surface area contributed by atoms with Gasteiger partial charge in [0.15, 0.2) is 0 Å². The molecule has 0 unspecified atom stereocenters. The first-order valence-corrected chi connectivity index (χ1v) is 9.52. The average Bonchev–Trinajstić information content (AvgIpc) is 3.28. The Kier molecular flexibility index (Phi) is 5.03. The lowest BCUT2D eigenvalue weighted by Gasteiger charge is -2.23. The van der Waals surface area contributed by atoms with E-state index in [0.717, 1.165) is 27.9 Å². The molecule has 1 amide bonds. The summed E-state index contributed by atoms with van der Waals surface area (Å²) in [5.41, 5.74) is 2.09. The second kappa shape index (κ2) is 7.64. The van der Waals surface area contributed by atoms with Gasteiger partial charge in [0.25, 0.3) is 0 Å². The van der Waals surface area contributed by atoms with Gasteiger partial charge in [-0.1, -0.05) is 18.2 Å². The number of carbonyl (C=O) groups is 1. The fourth-order valence-corrected chi connectivity index (χ4v) is 3.41. The summed E-state index contributed by atoms with van der Waals surface area (Å²) in [5, 5.41) is 4.94. The molecule has 150 valence electrons. The quantitative estimate of drug-likeness (QED) is 0.503. The lowest BCUT2D eigenvalue weighted by Crippen LogP contribution is -2.39. The summed E-state index contributed by atoms with van der Waals surface area (Å²) in [7, 11) is 3.48. The Bertz CT molecular complexity index is 1170. The Balaban J connectivity index is 1.57. The Labute approximate surface area is 169 Å². The molecule has 29 heavy (non-hydrogen) atoms. The van der Waals surface area contributed by atoms with Gasteiger partial charge in [-0.25, -0.2) is 0 Å². The molecule has 4 aromatic rings. The smallest absolute Gasteiger partial charge is 0.241 e. The minimum atomic E-state index is -0.364. The third-order valence-electron chi connectivity index (χ3n) is 5.20. The topological polar surface area (TPSA) is 67.8 Å². The van der Waals surface area contributed by atoms with E-state index in [1.807, 2.05) is 74.3 Å². The number of aryl methyl sites for hydroxylation is 1. The zero-order valence-electron chi connectivity index (χ0n) is 17.0. The zero-order chi connectivity index (χ0) is 20.5. The van der Waals surface area contributed by atoms with E-state index in [1.165, 1.54) is 0 Å². The molecule has 2 aromatic heterocycles. The highest BCUT2D eigenvalue weighted by Crippen LogP contribution is 2.36. The fraction of sp³-hybridized carbons (Fsp3) is 0.261. The van der Waals surface area contributed by atoms with Crippen LogP contribution in [0.3, 0.4) is 0 Å². The van der Waals surface area contributed by atoms with Crippen molar-refractivity contribution in [2.75, 3.05) is 19.5 Å². The van der Waals surface area contributed by atoms with Crippen molar-refractivity contribution in [1.82, 2.24) is 4.90 Å². The maximum absolute atomic E-state index is 12.9. The Hall–Kier alpha value is -3.25. The number of amides is 1. The fourth-order valence-electron chi connectivity index (χ4n) is 3.41. The zero-order valence-corrected chi connectivity index (χ0v) is 17.0. The van der Waals surface area contributed by atoms with Crippen molar-refractivity contribution in [1.29, 1.82) is 0 Å². The molecule has 0 aliphatic rings. The molecular formula is C23H24N2O4. The van der Waals surface area contributed by atoms with Gasteiger partial charge >= 0.3 is 0 Å². The molecule has 2 aromatic carbocycles. The molecule has 0 bridgehead atoms. The minimum absolute atomic E-state index is 0.135. The van der Waals surface area contributed by atoms with Crippen LogP contribution in [0.5, 0.6) is 5.75 Å². The number of para-hydroxylation sites is 1. The molecule has 0 radical (unpaired) electrons. The predicted octanol–water partition coefficient (Wildman–Crippen LogP) is 4.96. The number of methoxy groups -OCH3 is 1. The summed E-state index contributed by atoms with van der Waals surface area (Å²) >= 11 is 0. The maximum atomic E-state index is 12.9. The third kappa shape index (κ3) is 3.71. The summed E-state index contributed by atoms with van der Waals surface area (Å²) in [6.45, 7) is 4.31. The standard InChI is InChI=1S/C23H24N2O4/c1-14-9-10-16(28-14)13-25(3)15(2)23(26)24-19-12-21-18(11-22(19)27-4)17-7-5-6-8-20(17)29-21/h5-12,15H,13H2,1-4H3,(H,24,26)/t15-/m0/s1. The van der Waals surface area contributed by atoms with Gasteiger partial charge in [-0.2, -0.15) is 0 Å². The number of furan rings is 2. The number of rotatable bonds is 6. The van der Waals surface area contributed by atoms with E-state index in [4.69, 9.17) is 13.6 Å². The third-order valence-corrected chi connectivity index (χ3v) is 5.20. The Morgan fingerprint density at radius 1 is 1.10 bits per heavy atom. The minimum Gasteiger partial charge on any atom is -0.495 e. The van der Waals surface area contributed by atoms with Gasteiger partial charge in [-0.3, -0.25) is 9.69 Å². The molecule has 0 saturated carbocycles. The normalized spacial score (nSPS) is 12.6. The van der Waals surface area contributed by atoms with E-state index in [1.54, 1.807) is 7.11 Å². The van der Waals surface area contributed by atoms with Crippen molar-refractivity contribution < 1.29 is 18.4 Å². The van der Waals surface area contributed by atoms with Crippen LogP contribution >= 0.6 is 0 Å². The van der Waals surface area contributed by atoms with E-state index >= 15 is 0 Å². The number of nitrogens with zero attached hydrogens (tertiary/aromatic N) is 1. The highest BCUT2D eigenvalue weighted by molar-refractivity contribution is 6.08. The van der Waals surface area contributed by atoms with Crippen molar-refractivity contribution >= 4 is 33.5 Å². The summed E-state index contributed by atoms with van der Waals surface area (Å²) in [4.78, 5) is 14.8. The van der Waals surface area contributed by atoms with Crippen LogP contribution in [0.4, 0.5) is 5.69 Å². The number of ether oxygens (including phenoxy) is 1. The average molecular weight is 392 g/mol. The molecule has 0 aliphatic carbocycles. The second-order valence-electron chi connectivity index (χ2n) is 7.24. The van der Waals surface area contributed by atoms with Crippen molar-refractivity contribution in [2.45, 2.75) is 26.4 Å². The second-order valence-corrected chi connectivity index (χ2v) is 7.24. The Morgan fingerprint density at radius 3 is 2.62 bits per heavy atom. The van der Waals surface area contributed by atoms with Crippen molar-refractivity contribution in [3.05, 3.63) is 60.1 Å². The first-order valence-electron chi connectivity index (χ1n) is 9.52. The molecule has 6 heteroatoms. The van der Waals surface area contributed by atoms with Crippen molar-refractivity contribution in [3.8, 4) is 5.75 Å². The summed E-state index contributed by atoms with van der Waals surface area (Å²) < 4.78 is 17.1. The lowest BCUT2D eigenvalue weighted by molar-refractivity contribution is -0.120. The monoisotopic (exact) mass is 392 g/mol. The van der Waals surface area contributed by atoms with Crippen LogP contribution in [0.2, 0.25) is 0 Å². The van der Waals surface area contributed by atoms with Crippen LogP contribution in [0.1, 0.15) is 18.4 Å². The Morgan fingerprint density at radius 2 is 1.90 bits per heavy atom. The first kappa shape index (κ1) is 19.1. The van der Waals surface area contributed by atoms with Crippen LogP contribution in [-0.4, -0.2) is 31.0 Å². The first-order chi connectivity index (χ1) is 14.0. The van der Waals surface area contributed by atoms with Gasteiger partial charge in [0, 0.05) is 16.8 Å². The van der Waals surface area contributed by atoms with Gasteiger partial charge in [0.05, 0.1) is 25.4 Å². The number of anilines is 1. The molecule has 6 nitrogen and oxygen atoms in total. The van der Waals surface area contributed by atoms with Gasteiger partial charge < -0.3 is 18.9 Å². The van der Waals surface area contributed by atoms with Crippen molar-refractivity contribution in [2.24, 2.45) is 0 Å². The largest absolute Gasteiger partial charge is 0.495 e. The summed E-state index contributed by atoms with van der Waals surface area (Å²) in [6, 6.07) is 15.0. The van der Waals surface area contributed by atoms with Crippen LogP contribution in [0, 0.1) is 6.92 Å². The predicted molar refractivity (Wildman–Crippen MR) is 113 cm³/mol. The molecule has 2 heterocycles. The van der Waals surface area contributed by atoms with E-state index in [2.05, 4.69) is 5.32 Å². The molecule has 0 fully saturated rings. The molecule has 1 N–H and O–H groups in total. The number of fused-ring (bicyclic) bond motifs is 3. The van der Waals surface area contributed by atoms with E-state index in [9.17, 15) is 4.79 Å². The number of likely N-dealkylation sites (N-methyl/N-ethyl adjacent to an activating group) is 1. The van der Waals surface area contributed by atoms with E-state index in [-0.39, 0.29) is 11.9 Å². The number of hydrogen-bond donors (Lipinski definition) is 1. The molecular weight excluding hydrogens is 368 g/mol. The SMILES string of the molecule is COc1cc2c(cc1NC(=O)[C@H](C)N(C)Cc1ccc(C)o1)oc1ccccc12. The van der Waals surface area contributed by atoms with E-state index < -0.39 is 0 Å².